The number of esters is 1. The van der Waals surface area contributed by atoms with Gasteiger partial charge in [0, 0.05) is 6.42 Å². The van der Waals surface area contributed by atoms with Gasteiger partial charge >= 0.3 is 5.97 Å². The molecule has 0 fully saturated rings. The van der Waals surface area contributed by atoms with Gasteiger partial charge in [-0.1, -0.05) is 20.3 Å². The van der Waals surface area contributed by atoms with Gasteiger partial charge in [0.25, 0.3) is 18.8 Å². The maximum atomic E-state index is 11.5. The van der Waals surface area contributed by atoms with E-state index < -0.39 is 18.4 Å². The predicted octanol–water partition coefficient (Wildman–Crippen LogP) is 1.43. The number of hydrogen-bond donors (Lipinski definition) is 0. The van der Waals surface area contributed by atoms with Crippen molar-refractivity contribution in [1.82, 2.24) is 0 Å². The number of nitriles is 2. The SMILES string of the molecule is CCCC(OC#N)C(=O)OC(CC)OC#N. The minimum atomic E-state index is -0.925. The van der Waals surface area contributed by atoms with Crippen LogP contribution in [-0.4, -0.2) is 18.4 Å². The van der Waals surface area contributed by atoms with Crippen molar-refractivity contribution in [3.8, 4) is 12.5 Å². The molecule has 0 saturated carbocycles. The summed E-state index contributed by atoms with van der Waals surface area (Å²) in [7, 11) is 0. The molecule has 0 aromatic carbocycles. The first-order valence-corrected chi connectivity index (χ1v) is 4.99. The number of ether oxygens (including phenoxy) is 3. The zero-order valence-corrected chi connectivity index (χ0v) is 9.30. The maximum Gasteiger partial charge on any atom is 0.351 e. The molecule has 0 heterocycles. The Morgan fingerprint density at radius 1 is 1.25 bits per heavy atom. The third-order valence-electron chi connectivity index (χ3n) is 1.77. The number of hydrogen-bond acceptors (Lipinski definition) is 6. The van der Waals surface area contributed by atoms with Gasteiger partial charge < -0.3 is 14.2 Å². The highest BCUT2D eigenvalue weighted by Gasteiger charge is 2.24. The van der Waals surface area contributed by atoms with E-state index in [4.69, 9.17) is 15.3 Å². The van der Waals surface area contributed by atoms with E-state index in [0.717, 1.165) is 0 Å². The highest BCUT2D eigenvalue weighted by atomic mass is 16.7. The third-order valence-corrected chi connectivity index (χ3v) is 1.77. The molecule has 0 aliphatic carbocycles. The molecular weight excluding hydrogens is 212 g/mol. The Labute approximate surface area is 94.3 Å². The van der Waals surface area contributed by atoms with Crippen LogP contribution in [0.15, 0.2) is 0 Å². The molecule has 0 spiro atoms. The summed E-state index contributed by atoms with van der Waals surface area (Å²) in [6.45, 7) is 3.55. The van der Waals surface area contributed by atoms with Crippen molar-refractivity contribution in [2.75, 3.05) is 0 Å². The monoisotopic (exact) mass is 226 g/mol. The van der Waals surface area contributed by atoms with Gasteiger partial charge in [-0.25, -0.2) is 4.79 Å². The lowest BCUT2D eigenvalue weighted by Gasteiger charge is -2.16. The molecule has 6 heteroatoms. The number of carbonyl (C=O) groups excluding carboxylic acids is 1. The minimum Gasteiger partial charge on any atom is -0.422 e. The van der Waals surface area contributed by atoms with E-state index in [0.29, 0.717) is 19.3 Å². The number of rotatable bonds is 7. The van der Waals surface area contributed by atoms with Crippen LogP contribution < -0.4 is 0 Å². The lowest BCUT2D eigenvalue weighted by Crippen LogP contribution is -2.29. The van der Waals surface area contributed by atoms with Crippen LogP contribution in [0.3, 0.4) is 0 Å². The van der Waals surface area contributed by atoms with Gasteiger partial charge in [-0.15, -0.1) is 0 Å². The summed E-state index contributed by atoms with van der Waals surface area (Å²) in [6, 6.07) is 0. The van der Waals surface area contributed by atoms with Crippen molar-refractivity contribution in [2.24, 2.45) is 0 Å². The van der Waals surface area contributed by atoms with Gasteiger partial charge in [0.15, 0.2) is 0 Å². The van der Waals surface area contributed by atoms with E-state index in [-0.39, 0.29) is 0 Å². The third kappa shape index (κ3) is 5.06. The minimum absolute atomic E-state index is 0.352. The smallest absolute Gasteiger partial charge is 0.351 e. The molecule has 0 radical (unpaired) electrons. The fraction of sp³-hybridized carbons (Fsp3) is 0.700. The summed E-state index contributed by atoms with van der Waals surface area (Å²) in [6.07, 6.45) is 2.47. The topological polar surface area (TPSA) is 92.3 Å². The van der Waals surface area contributed by atoms with Crippen LogP contribution in [0.4, 0.5) is 0 Å². The van der Waals surface area contributed by atoms with E-state index in [1.807, 2.05) is 6.92 Å². The standard InChI is InChI=1S/C10H14N2O4/c1-3-5-8(14-6-11)10(13)16-9(4-2)15-7-12/h8-9H,3-5H2,1-2H3. The van der Waals surface area contributed by atoms with Crippen LogP contribution in [0, 0.1) is 23.0 Å². The fourth-order valence-corrected chi connectivity index (χ4v) is 1.01. The molecule has 2 atom stereocenters. The van der Waals surface area contributed by atoms with Crippen molar-refractivity contribution in [3.05, 3.63) is 0 Å². The molecule has 0 amide bonds. The van der Waals surface area contributed by atoms with E-state index in [9.17, 15) is 4.79 Å². The molecule has 0 aliphatic rings. The summed E-state index contributed by atoms with van der Waals surface area (Å²) >= 11 is 0. The summed E-state index contributed by atoms with van der Waals surface area (Å²) in [5, 5.41) is 16.6. The van der Waals surface area contributed by atoms with E-state index in [2.05, 4.69) is 9.47 Å². The van der Waals surface area contributed by atoms with Crippen molar-refractivity contribution in [2.45, 2.75) is 45.5 Å². The van der Waals surface area contributed by atoms with Gasteiger partial charge in [-0.3, -0.25) is 0 Å². The lowest BCUT2D eigenvalue weighted by atomic mass is 10.2. The molecule has 0 aromatic rings. The quantitative estimate of drug-likeness (QED) is 0.370. The zero-order chi connectivity index (χ0) is 12.4. The fourth-order valence-electron chi connectivity index (χ4n) is 1.01. The molecular formula is C10H14N2O4. The first kappa shape index (κ1) is 14.1. The summed E-state index contributed by atoms with van der Waals surface area (Å²) in [5.74, 6) is -0.689. The van der Waals surface area contributed by atoms with Gasteiger partial charge in [0.05, 0.1) is 0 Å². The molecule has 0 N–H and O–H groups in total. The van der Waals surface area contributed by atoms with Gasteiger partial charge in [-0.2, -0.15) is 10.5 Å². The second-order valence-corrected chi connectivity index (χ2v) is 2.97. The second kappa shape index (κ2) is 8.37. The second-order valence-electron chi connectivity index (χ2n) is 2.97. The van der Waals surface area contributed by atoms with Gasteiger partial charge in [0.1, 0.15) is 0 Å². The van der Waals surface area contributed by atoms with Crippen LogP contribution in [-0.2, 0) is 19.0 Å². The number of carbonyl (C=O) groups is 1. The Hall–Kier alpha value is -1.95. The predicted molar refractivity (Wildman–Crippen MR) is 52.3 cm³/mol. The first-order valence-electron chi connectivity index (χ1n) is 4.99. The lowest BCUT2D eigenvalue weighted by molar-refractivity contribution is -0.177. The zero-order valence-electron chi connectivity index (χ0n) is 9.30. The maximum absolute atomic E-state index is 11.5. The molecule has 6 nitrogen and oxygen atoms in total. The molecule has 0 saturated heterocycles. The van der Waals surface area contributed by atoms with Crippen molar-refractivity contribution in [1.29, 1.82) is 10.5 Å². The Balaban J connectivity index is 4.28. The molecule has 2 unspecified atom stereocenters. The Kier molecular flexibility index (Phi) is 7.35. The summed E-state index contributed by atoms with van der Waals surface area (Å²) in [5.41, 5.74) is 0. The van der Waals surface area contributed by atoms with Crippen LogP contribution >= 0.6 is 0 Å². The van der Waals surface area contributed by atoms with E-state index >= 15 is 0 Å². The van der Waals surface area contributed by atoms with Crippen LogP contribution in [0.1, 0.15) is 33.1 Å². The average molecular weight is 226 g/mol. The van der Waals surface area contributed by atoms with Gasteiger partial charge in [0.2, 0.25) is 6.10 Å². The van der Waals surface area contributed by atoms with Crippen molar-refractivity contribution >= 4 is 5.97 Å². The Bertz CT molecular complexity index is 292. The molecule has 16 heavy (non-hydrogen) atoms. The molecule has 0 aromatic heterocycles. The molecule has 88 valence electrons. The van der Waals surface area contributed by atoms with Crippen LogP contribution in [0.5, 0.6) is 0 Å². The van der Waals surface area contributed by atoms with E-state index in [1.165, 1.54) is 12.5 Å². The van der Waals surface area contributed by atoms with Crippen LogP contribution in [0.2, 0.25) is 0 Å². The summed E-state index contributed by atoms with van der Waals surface area (Å²) < 4.78 is 13.9. The molecule has 0 bridgehead atoms. The molecule has 0 rings (SSSR count). The Morgan fingerprint density at radius 3 is 2.31 bits per heavy atom. The van der Waals surface area contributed by atoms with Crippen molar-refractivity contribution in [3.63, 3.8) is 0 Å². The molecule has 0 aliphatic heterocycles. The largest absolute Gasteiger partial charge is 0.422 e. The summed E-state index contributed by atoms with van der Waals surface area (Å²) in [4.78, 5) is 11.5. The number of nitrogens with zero attached hydrogens (tertiary/aromatic N) is 2. The van der Waals surface area contributed by atoms with Crippen LogP contribution in [0.25, 0.3) is 0 Å². The van der Waals surface area contributed by atoms with Crippen molar-refractivity contribution < 1.29 is 19.0 Å². The highest BCUT2D eigenvalue weighted by molar-refractivity contribution is 5.74. The normalized spacial score (nSPS) is 12.8. The average Bonchev–Trinajstić information content (AvgIpc) is 2.28. The van der Waals surface area contributed by atoms with Gasteiger partial charge in [-0.05, 0) is 6.42 Å². The van der Waals surface area contributed by atoms with E-state index in [1.54, 1.807) is 6.92 Å². The highest BCUT2D eigenvalue weighted by Crippen LogP contribution is 2.08. The first-order chi connectivity index (χ1) is 7.69. The Morgan fingerprint density at radius 2 is 1.88 bits per heavy atom.